The summed E-state index contributed by atoms with van der Waals surface area (Å²) in [7, 11) is 0. The molecule has 10 heteroatoms. The van der Waals surface area contributed by atoms with Gasteiger partial charge in [-0.2, -0.15) is 13.2 Å². The van der Waals surface area contributed by atoms with E-state index in [0.29, 0.717) is 4.88 Å². The smallest absolute Gasteiger partial charge is 0.378 e. The van der Waals surface area contributed by atoms with E-state index in [0.717, 1.165) is 11.3 Å². The van der Waals surface area contributed by atoms with Crippen molar-refractivity contribution < 1.29 is 26.3 Å². The Morgan fingerprint density at radius 1 is 1.19 bits per heavy atom. The minimum Gasteiger partial charge on any atom is -0.378 e. The maximum absolute atomic E-state index is 13.5. The van der Waals surface area contributed by atoms with Gasteiger partial charge in [-0.3, -0.25) is 0 Å². The van der Waals surface area contributed by atoms with Crippen molar-refractivity contribution in [1.82, 2.24) is 4.98 Å². The van der Waals surface area contributed by atoms with Crippen molar-refractivity contribution in [3.05, 3.63) is 44.6 Å². The maximum atomic E-state index is 13.5. The monoisotopic (exact) mass is 346 g/mol. The third-order valence-electron chi connectivity index (χ3n) is 2.42. The van der Waals surface area contributed by atoms with Crippen LogP contribution in [-0.2, 0) is 12.7 Å². The van der Waals surface area contributed by atoms with Gasteiger partial charge in [-0.25, -0.2) is 18.2 Å². The van der Waals surface area contributed by atoms with Crippen molar-refractivity contribution in [2.45, 2.75) is 12.7 Å². The number of rotatable bonds is 3. The predicted octanol–water partition coefficient (Wildman–Crippen LogP) is 4.84. The lowest BCUT2D eigenvalue weighted by Crippen LogP contribution is -2.14. The highest BCUT2D eigenvalue weighted by atomic mass is 35.5. The predicted molar refractivity (Wildman–Crippen MR) is 65.8 cm³/mol. The molecule has 2 rings (SSSR count). The van der Waals surface area contributed by atoms with Gasteiger partial charge in [0.25, 0.3) is 0 Å². The van der Waals surface area contributed by atoms with Crippen LogP contribution >= 0.6 is 22.9 Å². The first-order valence-corrected chi connectivity index (χ1v) is 6.48. The minimum atomic E-state index is -5.32. The molecular weight excluding hydrogens is 342 g/mol. The van der Waals surface area contributed by atoms with Crippen LogP contribution in [0.5, 0.6) is 0 Å². The van der Waals surface area contributed by atoms with Crippen LogP contribution in [0.2, 0.25) is 4.47 Å². The van der Waals surface area contributed by atoms with Crippen molar-refractivity contribution in [2.75, 3.05) is 5.32 Å². The summed E-state index contributed by atoms with van der Waals surface area (Å²) in [6.45, 7) is -0.0917. The van der Waals surface area contributed by atoms with Crippen LogP contribution < -0.4 is 5.32 Å². The van der Waals surface area contributed by atoms with E-state index in [1.54, 1.807) is 0 Å². The number of nitrogens with one attached hydrogen (secondary N) is 1. The summed E-state index contributed by atoms with van der Waals surface area (Å²) in [4.78, 5) is 4.20. The van der Waals surface area contributed by atoms with Crippen LogP contribution in [0.4, 0.5) is 32.0 Å². The fourth-order valence-electron chi connectivity index (χ4n) is 1.53. The van der Waals surface area contributed by atoms with Crippen LogP contribution in [0.25, 0.3) is 0 Å². The highest BCUT2D eigenvalue weighted by Gasteiger charge is 2.39. The molecule has 114 valence electrons. The molecule has 1 aromatic carbocycles. The average molecular weight is 347 g/mol. The summed E-state index contributed by atoms with van der Waals surface area (Å²) in [5, 5.41) is 2.29. The van der Waals surface area contributed by atoms with E-state index in [1.807, 2.05) is 0 Å². The van der Waals surface area contributed by atoms with E-state index < -0.39 is 34.9 Å². The third-order valence-corrected chi connectivity index (χ3v) is 3.54. The van der Waals surface area contributed by atoms with Gasteiger partial charge < -0.3 is 5.32 Å². The van der Waals surface area contributed by atoms with E-state index in [4.69, 9.17) is 11.6 Å². The van der Waals surface area contributed by atoms with Gasteiger partial charge in [-0.05, 0) is 0 Å². The van der Waals surface area contributed by atoms with Gasteiger partial charge in [0, 0.05) is 17.1 Å². The van der Waals surface area contributed by atoms with Gasteiger partial charge in [0.05, 0.1) is 12.2 Å². The summed E-state index contributed by atoms with van der Waals surface area (Å²) in [6.07, 6.45) is -3.98. The molecule has 1 aromatic heterocycles. The van der Waals surface area contributed by atoms with Crippen LogP contribution in [0, 0.1) is 17.5 Å². The summed E-state index contributed by atoms with van der Waals surface area (Å²) < 4.78 is 77.6. The molecule has 0 aliphatic carbocycles. The van der Waals surface area contributed by atoms with E-state index >= 15 is 0 Å². The largest absolute Gasteiger partial charge is 0.422 e. The lowest BCUT2D eigenvalue weighted by atomic mass is 10.1. The Bertz CT molecular complexity index is 669. The number of aromatic nitrogens is 1. The zero-order valence-corrected chi connectivity index (χ0v) is 11.4. The molecule has 0 atom stereocenters. The quantitative estimate of drug-likeness (QED) is 0.635. The van der Waals surface area contributed by atoms with E-state index in [2.05, 4.69) is 10.3 Å². The topological polar surface area (TPSA) is 24.9 Å². The zero-order chi connectivity index (χ0) is 15.8. The van der Waals surface area contributed by atoms with Crippen molar-refractivity contribution >= 4 is 28.6 Å². The Hall–Kier alpha value is -1.48. The minimum absolute atomic E-state index is 0.0917. The number of hydrogen-bond donors (Lipinski definition) is 1. The van der Waals surface area contributed by atoms with Gasteiger partial charge in [0.15, 0.2) is 16.1 Å². The first-order valence-electron chi connectivity index (χ1n) is 5.29. The second-order valence-corrected chi connectivity index (χ2v) is 5.54. The van der Waals surface area contributed by atoms with E-state index in [9.17, 15) is 26.3 Å². The summed E-state index contributed by atoms with van der Waals surface area (Å²) in [6, 6.07) is 0.254. The van der Waals surface area contributed by atoms with Crippen molar-refractivity contribution in [3.63, 3.8) is 0 Å². The standard InChI is InChI=1S/C11H5ClF6N2S/c12-10-20-3-4(21-10)2-19-6-1-5(13)7(11(16,17)18)9(15)8(6)14/h1,3,19H,2H2. The number of halogens is 7. The first kappa shape index (κ1) is 15.9. The zero-order valence-electron chi connectivity index (χ0n) is 9.86. The van der Waals surface area contributed by atoms with E-state index in [1.165, 1.54) is 6.20 Å². The molecule has 0 saturated heterocycles. The normalized spacial score (nSPS) is 11.8. The lowest BCUT2D eigenvalue weighted by molar-refractivity contribution is -0.142. The summed E-state index contributed by atoms with van der Waals surface area (Å²) >= 11 is 6.59. The molecule has 0 spiro atoms. The number of alkyl halides is 3. The van der Waals surface area contributed by atoms with Gasteiger partial charge in [0.2, 0.25) is 0 Å². The molecule has 1 heterocycles. The second kappa shape index (κ2) is 5.72. The van der Waals surface area contributed by atoms with Crippen molar-refractivity contribution in [1.29, 1.82) is 0 Å². The fourth-order valence-corrected chi connectivity index (χ4v) is 2.45. The molecule has 0 bridgehead atoms. The van der Waals surface area contributed by atoms with Crippen LogP contribution in [0.1, 0.15) is 10.4 Å². The fraction of sp³-hybridized carbons (Fsp3) is 0.182. The molecule has 2 nitrogen and oxygen atoms in total. The third kappa shape index (κ3) is 3.41. The molecule has 21 heavy (non-hydrogen) atoms. The molecule has 0 aliphatic heterocycles. The highest BCUT2D eigenvalue weighted by Crippen LogP contribution is 2.36. The van der Waals surface area contributed by atoms with Gasteiger partial charge in [0.1, 0.15) is 11.4 Å². The number of thiazole rings is 1. The lowest BCUT2D eigenvalue weighted by Gasteiger charge is -2.13. The number of benzene rings is 1. The van der Waals surface area contributed by atoms with Crippen LogP contribution in [-0.4, -0.2) is 4.98 Å². The highest BCUT2D eigenvalue weighted by molar-refractivity contribution is 7.15. The molecule has 2 aromatic rings. The maximum Gasteiger partial charge on any atom is 0.422 e. The number of hydrogen-bond acceptors (Lipinski definition) is 3. The van der Waals surface area contributed by atoms with E-state index in [-0.39, 0.29) is 17.1 Å². The second-order valence-electron chi connectivity index (χ2n) is 3.84. The molecule has 0 radical (unpaired) electrons. The van der Waals surface area contributed by atoms with Crippen molar-refractivity contribution in [3.8, 4) is 0 Å². The Morgan fingerprint density at radius 3 is 2.38 bits per heavy atom. The number of nitrogens with zero attached hydrogens (tertiary/aromatic N) is 1. The number of anilines is 1. The molecule has 1 N–H and O–H groups in total. The Kier molecular flexibility index (Phi) is 4.33. The molecule has 0 unspecified atom stereocenters. The molecule has 0 fully saturated rings. The molecule has 0 amide bonds. The first-order chi connectivity index (χ1) is 9.70. The summed E-state index contributed by atoms with van der Waals surface area (Å²) in [5.74, 6) is -5.99. The van der Waals surface area contributed by atoms with Crippen molar-refractivity contribution in [2.24, 2.45) is 0 Å². The summed E-state index contributed by atoms with van der Waals surface area (Å²) in [5.41, 5.74) is -2.98. The Balaban J connectivity index is 2.29. The average Bonchev–Trinajstić information content (AvgIpc) is 2.76. The van der Waals surface area contributed by atoms with Crippen LogP contribution in [0.15, 0.2) is 12.3 Å². The molecular formula is C11H5ClF6N2S. The van der Waals surface area contributed by atoms with Crippen LogP contribution in [0.3, 0.4) is 0 Å². The van der Waals surface area contributed by atoms with Gasteiger partial charge in [-0.15, -0.1) is 11.3 Å². The van der Waals surface area contributed by atoms with Gasteiger partial charge >= 0.3 is 6.18 Å². The van der Waals surface area contributed by atoms with Gasteiger partial charge in [-0.1, -0.05) is 11.6 Å². The Labute approximate surface area is 123 Å². The molecule has 0 aliphatic rings. The molecule has 0 saturated carbocycles. The Morgan fingerprint density at radius 2 is 1.86 bits per heavy atom. The SMILES string of the molecule is Fc1cc(NCc2cnc(Cl)s2)c(F)c(F)c1C(F)(F)F.